The number of nitrogens with zero attached hydrogens (tertiary/aromatic N) is 4. The Kier molecular flexibility index (Phi) is 5.85. The number of aliphatic hydroxyl groups is 1. The van der Waals surface area contributed by atoms with Gasteiger partial charge in [-0.25, -0.2) is 14.4 Å². The molecule has 3 N–H and O–H groups in total. The normalized spacial score (nSPS) is 16.3. The van der Waals surface area contributed by atoms with Crippen LogP contribution >= 0.6 is 0 Å². The second kappa shape index (κ2) is 9.23. The van der Waals surface area contributed by atoms with Gasteiger partial charge in [0.05, 0.1) is 47.1 Å². The predicted molar refractivity (Wildman–Crippen MR) is 144 cm³/mol. The summed E-state index contributed by atoms with van der Waals surface area (Å²) in [6.45, 7) is 5.29. The van der Waals surface area contributed by atoms with Crippen molar-refractivity contribution in [2.45, 2.75) is 25.6 Å². The number of H-pyrrole nitrogens is 1. The standard InChI is InChI=1S/C28H27FN6O3/c1-28(2,37)23-16-34(11-12-38-23)18-3-6-24(31-14-18)33-21-5-4-19(20-7-9-30-27(36)26(20)21)22-15-32-25-13-17(29)8-10-35(22)25/h3-10,13-15,23,37H,11-12,16H2,1-2H3,(H,30,36)(H,31,33)/t23-/m0/s1. The predicted octanol–water partition coefficient (Wildman–Crippen LogP) is 4.10. The largest absolute Gasteiger partial charge is 0.388 e. The molecule has 1 fully saturated rings. The topological polar surface area (TPSA) is 108 Å². The molecule has 1 aliphatic heterocycles. The first-order chi connectivity index (χ1) is 18.3. The number of rotatable bonds is 5. The van der Waals surface area contributed by atoms with Crippen molar-refractivity contribution < 1.29 is 14.2 Å². The highest BCUT2D eigenvalue weighted by molar-refractivity contribution is 6.03. The molecule has 0 aliphatic carbocycles. The van der Waals surface area contributed by atoms with Gasteiger partial charge < -0.3 is 25.0 Å². The molecule has 4 aromatic heterocycles. The van der Waals surface area contributed by atoms with Gasteiger partial charge in [0.2, 0.25) is 0 Å². The SMILES string of the molecule is CC(C)(O)[C@@H]1CN(c2ccc(Nc3ccc(-c4cnc5cc(F)ccn45)c4cc[nH]c(=O)c34)nc2)CCO1. The summed E-state index contributed by atoms with van der Waals surface area (Å²) >= 11 is 0. The van der Waals surface area contributed by atoms with Crippen molar-refractivity contribution in [1.82, 2.24) is 19.4 Å². The molecule has 5 heterocycles. The van der Waals surface area contributed by atoms with Crippen molar-refractivity contribution in [3.63, 3.8) is 0 Å². The number of anilines is 3. The Labute approximate surface area is 217 Å². The van der Waals surface area contributed by atoms with Crippen molar-refractivity contribution in [2.75, 3.05) is 29.9 Å². The van der Waals surface area contributed by atoms with Gasteiger partial charge in [-0.1, -0.05) is 6.07 Å². The maximum Gasteiger partial charge on any atom is 0.257 e. The number of halogens is 1. The highest BCUT2D eigenvalue weighted by Gasteiger charge is 2.32. The van der Waals surface area contributed by atoms with Gasteiger partial charge in [0.1, 0.15) is 23.4 Å². The minimum absolute atomic E-state index is 0.241. The third kappa shape index (κ3) is 4.37. The van der Waals surface area contributed by atoms with E-state index in [0.29, 0.717) is 42.2 Å². The summed E-state index contributed by atoms with van der Waals surface area (Å²) in [4.78, 5) is 26.8. The van der Waals surface area contributed by atoms with Crippen molar-refractivity contribution in [3.8, 4) is 11.3 Å². The van der Waals surface area contributed by atoms with Crippen LogP contribution in [0, 0.1) is 5.82 Å². The fraction of sp³-hybridized carbons (Fsp3) is 0.250. The third-order valence-electron chi connectivity index (χ3n) is 6.92. The van der Waals surface area contributed by atoms with Gasteiger partial charge in [-0.3, -0.25) is 9.20 Å². The molecular formula is C28H27FN6O3. The van der Waals surface area contributed by atoms with Gasteiger partial charge in [-0.2, -0.15) is 0 Å². The zero-order valence-electron chi connectivity index (χ0n) is 21.0. The molecule has 10 heteroatoms. The van der Waals surface area contributed by atoms with Crippen LogP contribution in [0.1, 0.15) is 13.8 Å². The summed E-state index contributed by atoms with van der Waals surface area (Å²) in [5.74, 6) is 0.225. The van der Waals surface area contributed by atoms with Crippen LogP contribution in [-0.2, 0) is 4.74 Å². The van der Waals surface area contributed by atoms with E-state index in [1.54, 1.807) is 43.0 Å². The molecule has 9 nitrogen and oxygen atoms in total. The number of pyridine rings is 3. The van der Waals surface area contributed by atoms with Gasteiger partial charge in [-0.05, 0) is 44.2 Å². The highest BCUT2D eigenvalue weighted by Crippen LogP contribution is 2.33. The molecule has 1 atom stereocenters. The Balaban J connectivity index is 1.32. The first-order valence-electron chi connectivity index (χ1n) is 12.4. The molecule has 1 saturated heterocycles. The molecule has 6 rings (SSSR count). The molecular weight excluding hydrogens is 487 g/mol. The zero-order chi connectivity index (χ0) is 26.4. The Morgan fingerprint density at radius 3 is 2.82 bits per heavy atom. The lowest BCUT2D eigenvalue weighted by atomic mass is 10.00. The van der Waals surface area contributed by atoms with Crippen LogP contribution in [0.3, 0.4) is 0 Å². The summed E-state index contributed by atoms with van der Waals surface area (Å²) in [6, 6.07) is 12.1. The van der Waals surface area contributed by atoms with Crippen LogP contribution in [0.15, 0.2) is 72.0 Å². The Hall–Kier alpha value is -4.28. The lowest BCUT2D eigenvalue weighted by molar-refractivity contribution is -0.0928. The number of morpholine rings is 1. The molecule has 0 unspecified atom stereocenters. The number of hydrogen-bond donors (Lipinski definition) is 3. The van der Waals surface area contributed by atoms with E-state index in [4.69, 9.17) is 4.74 Å². The minimum atomic E-state index is -0.937. The highest BCUT2D eigenvalue weighted by atomic mass is 19.1. The Morgan fingerprint density at radius 2 is 2.03 bits per heavy atom. The van der Waals surface area contributed by atoms with E-state index in [1.807, 2.05) is 30.3 Å². The van der Waals surface area contributed by atoms with E-state index in [0.717, 1.165) is 22.3 Å². The monoisotopic (exact) mass is 514 g/mol. The van der Waals surface area contributed by atoms with Gasteiger partial charge in [-0.15, -0.1) is 0 Å². The summed E-state index contributed by atoms with van der Waals surface area (Å²) in [7, 11) is 0. The summed E-state index contributed by atoms with van der Waals surface area (Å²) in [5.41, 5.74) is 2.39. The van der Waals surface area contributed by atoms with Crippen molar-refractivity contribution in [2.24, 2.45) is 0 Å². The number of benzene rings is 1. The number of hydrogen-bond acceptors (Lipinski definition) is 7. The average Bonchev–Trinajstić information content (AvgIpc) is 3.32. The smallest absolute Gasteiger partial charge is 0.257 e. The first-order valence-corrected chi connectivity index (χ1v) is 12.4. The number of imidazole rings is 1. The molecule has 5 aromatic rings. The molecule has 0 radical (unpaired) electrons. The van der Waals surface area contributed by atoms with E-state index < -0.39 is 5.60 Å². The molecule has 0 saturated carbocycles. The summed E-state index contributed by atoms with van der Waals surface area (Å²) in [5, 5.41) is 14.8. The molecule has 38 heavy (non-hydrogen) atoms. The molecule has 194 valence electrons. The molecule has 0 amide bonds. The van der Waals surface area contributed by atoms with E-state index in [1.165, 1.54) is 12.1 Å². The van der Waals surface area contributed by atoms with Crippen molar-refractivity contribution in [3.05, 3.63) is 83.4 Å². The van der Waals surface area contributed by atoms with Crippen LogP contribution in [-0.4, -0.2) is 55.9 Å². The van der Waals surface area contributed by atoms with E-state index in [-0.39, 0.29) is 17.5 Å². The lowest BCUT2D eigenvalue weighted by Crippen LogP contribution is -2.52. The fourth-order valence-electron chi connectivity index (χ4n) is 4.89. The van der Waals surface area contributed by atoms with Crippen LogP contribution in [0.4, 0.5) is 21.6 Å². The van der Waals surface area contributed by atoms with E-state index >= 15 is 0 Å². The number of aromatic amines is 1. The summed E-state index contributed by atoms with van der Waals surface area (Å²) in [6.07, 6.45) is 6.39. The quantitative estimate of drug-likeness (QED) is 0.324. The van der Waals surface area contributed by atoms with E-state index in [9.17, 15) is 14.3 Å². The maximum atomic E-state index is 13.7. The number of ether oxygens (including phenoxy) is 1. The van der Waals surface area contributed by atoms with Gasteiger partial charge in [0.25, 0.3) is 5.56 Å². The third-order valence-corrected chi connectivity index (χ3v) is 6.92. The average molecular weight is 515 g/mol. The van der Waals surface area contributed by atoms with Crippen molar-refractivity contribution in [1.29, 1.82) is 0 Å². The second-order valence-corrected chi connectivity index (χ2v) is 9.96. The second-order valence-electron chi connectivity index (χ2n) is 9.96. The molecule has 0 bridgehead atoms. The Morgan fingerprint density at radius 1 is 1.16 bits per heavy atom. The number of aromatic nitrogens is 4. The van der Waals surface area contributed by atoms with Gasteiger partial charge >= 0.3 is 0 Å². The maximum absolute atomic E-state index is 13.7. The van der Waals surface area contributed by atoms with Crippen LogP contribution < -0.4 is 15.8 Å². The summed E-state index contributed by atoms with van der Waals surface area (Å²) < 4.78 is 21.2. The number of nitrogens with one attached hydrogen (secondary N) is 2. The van der Waals surface area contributed by atoms with E-state index in [2.05, 4.69) is 25.2 Å². The fourth-order valence-corrected chi connectivity index (χ4v) is 4.89. The Bertz CT molecular complexity index is 1690. The lowest BCUT2D eigenvalue weighted by Gasteiger charge is -2.39. The zero-order valence-corrected chi connectivity index (χ0v) is 21.0. The molecule has 1 aromatic carbocycles. The van der Waals surface area contributed by atoms with Crippen LogP contribution in [0.25, 0.3) is 27.7 Å². The first kappa shape index (κ1) is 24.1. The minimum Gasteiger partial charge on any atom is -0.388 e. The molecule has 0 spiro atoms. The van der Waals surface area contributed by atoms with Gasteiger partial charge in [0, 0.05) is 42.5 Å². The van der Waals surface area contributed by atoms with Gasteiger partial charge in [0.15, 0.2) is 0 Å². The van der Waals surface area contributed by atoms with Crippen molar-refractivity contribution >= 4 is 33.6 Å². The number of fused-ring (bicyclic) bond motifs is 2. The molecule has 1 aliphatic rings. The van der Waals surface area contributed by atoms with Crippen LogP contribution in [0.2, 0.25) is 0 Å². The van der Waals surface area contributed by atoms with Crippen LogP contribution in [0.5, 0.6) is 0 Å².